The molecule has 1 heterocycles. The summed E-state index contributed by atoms with van der Waals surface area (Å²) in [5.74, 6) is -3.17. The number of rotatable bonds is 7. The van der Waals surface area contributed by atoms with Gasteiger partial charge in [-0.3, -0.25) is 0 Å². The molecule has 182 valence electrons. The minimum atomic E-state index is -4.23. The van der Waals surface area contributed by atoms with Crippen LogP contribution in [-0.2, 0) is 10.0 Å². The summed E-state index contributed by atoms with van der Waals surface area (Å²) in [5, 5.41) is 7.27. The van der Waals surface area contributed by atoms with Crippen LogP contribution in [0.25, 0.3) is 11.1 Å². The summed E-state index contributed by atoms with van der Waals surface area (Å²) in [6, 6.07) is 8.59. The standard InChI is InChI=1S/C23H25F3N4O3S/c1-15(2)33-19-5-3-16(4-6-19)21-8-7-20(10-22(21)24)34(31,32)29-17-9-18(12-23(25,26)11-17)30-13-27-28-14-30/h3-8,10,13-15,17-18,29H,9,11-12H2,1-2H3/t17-,18+/m1/s1. The van der Waals surface area contributed by atoms with Gasteiger partial charge >= 0.3 is 0 Å². The molecule has 4 rings (SSSR count). The maximum Gasteiger partial charge on any atom is 0.251 e. The Balaban J connectivity index is 1.51. The molecule has 0 amide bonds. The Morgan fingerprint density at radius 3 is 2.38 bits per heavy atom. The van der Waals surface area contributed by atoms with Crippen LogP contribution in [0, 0.1) is 5.82 Å². The smallest absolute Gasteiger partial charge is 0.251 e. The van der Waals surface area contributed by atoms with E-state index < -0.39 is 46.7 Å². The van der Waals surface area contributed by atoms with Gasteiger partial charge in [0.1, 0.15) is 24.2 Å². The number of nitrogens with one attached hydrogen (secondary N) is 1. The van der Waals surface area contributed by atoms with E-state index >= 15 is 0 Å². The van der Waals surface area contributed by atoms with Gasteiger partial charge in [-0.15, -0.1) is 10.2 Å². The largest absolute Gasteiger partial charge is 0.491 e. The monoisotopic (exact) mass is 494 g/mol. The highest BCUT2D eigenvalue weighted by atomic mass is 32.2. The highest BCUT2D eigenvalue weighted by Crippen LogP contribution is 2.39. The zero-order chi connectivity index (χ0) is 24.5. The fourth-order valence-corrected chi connectivity index (χ4v) is 5.43. The third-order valence-corrected chi connectivity index (χ3v) is 7.12. The van der Waals surface area contributed by atoms with Crippen molar-refractivity contribution in [3.63, 3.8) is 0 Å². The Labute approximate surface area is 196 Å². The molecule has 0 bridgehead atoms. The lowest BCUT2D eigenvalue weighted by Gasteiger charge is -2.35. The second-order valence-electron chi connectivity index (χ2n) is 8.71. The van der Waals surface area contributed by atoms with Crippen LogP contribution in [-0.4, -0.2) is 41.3 Å². The van der Waals surface area contributed by atoms with Gasteiger partial charge < -0.3 is 9.30 Å². The van der Waals surface area contributed by atoms with Gasteiger partial charge in [0.05, 0.1) is 11.0 Å². The van der Waals surface area contributed by atoms with Crippen molar-refractivity contribution in [1.82, 2.24) is 19.5 Å². The minimum Gasteiger partial charge on any atom is -0.491 e. The van der Waals surface area contributed by atoms with Crippen molar-refractivity contribution in [2.45, 2.75) is 62.1 Å². The average molecular weight is 495 g/mol. The Morgan fingerprint density at radius 1 is 1.09 bits per heavy atom. The molecule has 1 saturated carbocycles. The van der Waals surface area contributed by atoms with Crippen LogP contribution < -0.4 is 9.46 Å². The molecule has 34 heavy (non-hydrogen) atoms. The SMILES string of the molecule is CC(C)Oc1ccc(-c2ccc(S(=O)(=O)N[C@@H]3C[C@H](n4cnnc4)CC(F)(F)C3)cc2F)cc1. The maximum atomic E-state index is 14.9. The van der Waals surface area contributed by atoms with Crippen molar-refractivity contribution in [3.05, 3.63) is 60.9 Å². The molecule has 1 fully saturated rings. The molecule has 3 aromatic rings. The summed E-state index contributed by atoms with van der Waals surface area (Å²) in [7, 11) is -4.23. The third kappa shape index (κ3) is 5.58. The average Bonchev–Trinajstić information content (AvgIpc) is 3.27. The fraction of sp³-hybridized carbons (Fsp3) is 0.391. The first-order valence-electron chi connectivity index (χ1n) is 10.8. The van der Waals surface area contributed by atoms with Gasteiger partial charge in [0, 0.05) is 30.5 Å². The van der Waals surface area contributed by atoms with Crippen molar-refractivity contribution in [3.8, 4) is 16.9 Å². The zero-order valence-corrected chi connectivity index (χ0v) is 19.5. The summed E-state index contributed by atoms with van der Waals surface area (Å²) in [4.78, 5) is -0.330. The predicted octanol–water partition coefficient (Wildman–Crippen LogP) is 4.58. The first-order valence-corrected chi connectivity index (χ1v) is 12.3. The van der Waals surface area contributed by atoms with Gasteiger partial charge in [-0.1, -0.05) is 18.2 Å². The van der Waals surface area contributed by atoms with Crippen molar-refractivity contribution >= 4 is 10.0 Å². The van der Waals surface area contributed by atoms with E-state index in [9.17, 15) is 21.6 Å². The number of alkyl halides is 2. The van der Waals surface area contributed by atoms with E-state index in [1.807, 2.05) is 13.8 Å². The molecule has 2 aromatic carbocycles. The molecule has 0 unspecified atom stereocenters. The van der Waals surface area contributed by atoms with E-state index in [1.54, 1.807) is 24.3 Å². The van der Waals surface area contributed by atoms with Gasteiger partial charge in [-0.2, -0.15) is 0 Å². The molecular weight excluding hydrogens is 469 g/mol. The van der Waals surface area contributed by atoms with Crippen molar-refractivity contribution in [2.24, 2.45) is 0 Å². The van der Waals surface area contributed by atoms with Crippen molar-refractivity contribution in [1.29, 1.82) is 0 Å². The van der Waals surface area contributed by atoms with Crippen LogP contribution in [0.3, 0.4) is 0 Å². The van der Waals surface area contributed by atoms with Gasteiger partial charge in [0.2, 0.25) is 10.0 Å². The molecule has 0 radical (unpaired) electrons. The van der Waals surface area contributed by atoms with Gasteiger partial charge in [0.25, 0.3) is 5.92 Å². The first kappa shape index (κ1) is 24.2. The zero-order valence-electron chi connectivity index (χ0n) is 18.7. The molecular formula is C23H25F3N4O3S. The molecule has 0 spiro atoms. The van der Waals surface area contributed by atoms with E-state index in [1.165, 1.54) is 29.4 Å². The topological polar surface area (TPSA) is 86.1 Å². The Bertz CT molecular complexity index is 1230. The number of aromatic nitrogens is 3. The number of hydrogen-bond donors (Lipinski definition) is 1. The molecule has 1 N–H and O–H groups in total. The minimum absolute atomic E-state index is 0.00409. The quantitative estimate of drug-likeness (QED) is 0.520. The fourth-order valence-electron chi connectivity index (χ4n) is 4.17. The summed E-state index contributed by atoms with van der Waals surface area (Å²) in [5.41, 5.74) is 0.765. The number of nitrogens with zero attached hydrogens (tertiary/aromatic N) is 3. The molecule has 0 aliphatic heterocycles. The van der Waals surface area contributed by atoms with Gasteiger partial charge in [0.15, 0.2) is 0 Å². The highest BCUT2D eigenvalue weighted by Gasteiger charge is 2.43. The van der Waals surface area contributed by atoms with Gasteiger partial charge in [-0.05, 0) is 50.1 Å². The highest BCUT2D eigenvalue weighted by molar-refractivity contribution is 7.89. The lowest BCUT2D eigenvalue weighted by Crippen LogP contribution is -2.45. The van der Waals surface area contributed by atoms with Crippen LogP contribution in [0.15, 0.2) is 60.0 Å². The number of ether oxygens (including phenoxy) is 1. The third-order valence-electron chi connectivity index (χ3n) is 5.60. The van der Waals surface area contributed by atoms with Crippen LogP contribution >= 0.6 is 0 Å². The molecule has 1 aliphatic rings. The summed E-state index contributed by atoms with van der Waals surface area (Å²) < 4.78 is 78.6. The van der Waals surface area contributed by atoms with E-state index in [0.717, 1.165) is 6.07 Å². The second-order valence-corrected chi connectivity index (χ2v) is 10.4. The van der Waals surface area contributed by atoms with E-state index in [-0.39, 0.29) is 23.0 Å². The first-order chi connectivity index (χ1) is 16.0. The van der Waals surface area contributed by atoms with Crippen LogP contribution in [0.5, 0.6) is 5.75 Å². The molecule has 0 saturated heterocycles. The Hall–Kier alpha value is -2.92. The number of benzene rings is 2. The van der Waals surface area contributed by atoms with E-state index in [4.69, 9.17) is 4.74 Å². The lowest BCUT2D eigenvalue weighted by molar-refractivity contribution is -0.0577. The van der Waals surface area contributed by atoms with E-state index in [0.29, 0.717) is 11.3 Å². The van der Waals surface area contributed by atoms with E-state index in [2.05, 4.69) is 14.9 Å². The Kier molecular flexibility index (Phi) is 6.68. The number of hydrogen-bond acceptors (Lipinski definition) is 5. The number of sulfonamides is 1. The van der Waals surface area contributed by atoms with Crippen LogP contribution in [0.1, 0.15) is 39.2 Å². The molecule has 2 atom stereocenters. The Morgan fingerprint density at radius 2 is 1.76 bits per heavy atom. The predicted molar refractivity (Wildman–Crippen MR) is 120 cm³/mol. The normalized spacial score (nSPS) is 20.4. The van der Waals surface area contributed by atoms with Crippen LogP contribution in [0.4, 0.5) is 13.2 Å². The summed E-state index contributed by atoms with van der Waals surface area (Å²) in [6.45, 7) is 3.79. The molecule has 1 aromatic heterocycles. The number of halogens is 3. The second kappa shape index (κ2) is 9.38. The summed E-state index contributed by atoms with van der Waals surface area (Å²) in [6.07, 6.45) is 1.71. The summed E-state index contributed by atoms with van der Waals surface area (Å²) >= 11 is 0. The molecule has 7 nitrogen and oxygen atoms in total. The van der Waals surface area contributed by atoms with Crippen LogP contribution in [0.2, 0.25) is 0 Å². The maximum absolute atomic E-state index is 14.9. The molecule has 11 heteroatoms. The van der Waals surface area contributed by atoms with Crippen molar-refractivity contribution < 1.29 is 26.3 Å². The lowest BCUT2D eigenvalue weighted by atomic mass is 9.88. The van der Waals surface area contributed by atoms with Crippen molar-refractivity contribution in [2.75, 3.05) is 0 Å². The molecule has 1 aliphatic carbocycles. The van der Waals surface area contributed by atoms with Gasteiger partial charge in [-0.25, -0.2) is 26.3 Å².